The number of aryl methyl sites for hydroxylation is 1. The van der Waals surface area contributed by atoms with Crippen molar-refractivity contribution in [2.24, 2.45) is 0 Å². The first kappa shape index (κ1) is 12.0. The van der Waals surface area contributed by atoms with Crippen molar-refractivity contribution in [3.8, 4) is 0 Å². The fourth-order valence-electron chi connectivity index (χ4n) is 1.59. The molecular weight excluding hydrogens is 236 g/mol. The molecule has 1 aliphatic heterocycles. The van der Waals surface area contributed by atoms with Gasteiger partial charge in [0.05, 0.1) is 7.11 Å². The number of benzene rings is 1. The molecule has 0 amide bonds. The van der Waals surface area contributed by atoms with E-state index in [2.05, 4.69) is 4.74 Å². The first-order chi connectivity index (χ1) is 8.54. The lowest BCUT2D eigenvalue weighted by atomic mass is 10.1. The van der Waals surface area contributed by atoms with Crippen molar-refractivity contribution in [2.75, 3.05) is 7.11 Å². The molecule has 18 heavy (non-hydrogen) atoms. The van der Waals surface area contributed by atoms with Gasteiger partial charge in [-0.25, -0.2) is 9.59 Å². The van der Waals surface area contributed by atoms with Gasteiger partial charge in [0.15, 0.2) is 11.3 Å². The van der Waals surface area contributed by atoms with Crippen molar-refractivity contribution in [1.29, 1.82) is 0 Å². The van der Waals surface area contributed by atoms with Crippen LogP contribution in [-0.4, -0.2) is 24.8 Å². The van der Waals surface area contributed by atoms with Crippen LogP contribution in [0.2, 0.25) is 0 Å². The van der Waals surface area contributed by atoms with E-state index in [0.717, 1.165) is 12.7 Å². The Kier molecular flexibility index (Phi) is 2.97. The molecule has 5 heteroatoms. The molecule has 1 heterocycles. The molecule has 0 aromatic heterocycles. The fraction of sp³-hybridized carbons (Fsp3) is 0.154. The number of ether oxygens (including phenoxy) is 2. The third-order valence-corrected chi connectivity index (χ3v) is 2.54. The predicted molar refractivity (Wildman–Crippen MR) is 61.2 cm³/mol. The second-order valence-electron chi connectivity index (χ2n) is 3.78. The van der Waals surface area contributed by atoms with Crippen molar-refractivity contribution in [1.82, 2.24) is 0 Å². The van der Waals surface area contributed by atoms with E-state index < -0.39 is 17.7 Å². The number of ketones is 1. The standard InChI is InChI=1S/C13H10O5/c1-7-3-5-8(6-4-7)11-9(12(15)17-2)10(14)13(16)18-11/h3-6H,1-2H3. The monoisotopic (exact) mass is 246 g/mol. The molecule has 92 valence electrons. The normalized spacial score (nSPS) is 14.8. The van der Waals surface area contributed by atoms with E-state index in [-0.39, 0.29) is 11.3 Å². The van der Waals surface area contributed by atoms with Gasteiger partial charge in [-0.1, -0.05) is 29.8 Å². The topological polar surface area (TPSA) is 69.7 Å². The number of carbonyl (C=O) groups is 3. The van der Waals surface area contributed by atoms with E-state index in [9.17, 15) is 14.4 Å². The van der Waals surface area contributed by atoms with Crippen LogP contribution >= 0.6 is 0 Å². The first-order valence-corrected chi connectivity index (χ1v) is 5.20. The number of hydrogen-bond acceptors (Lipinski definition) is 5. The van der Waals surface area contributed by atoms with Gasteiger partial charge < -0.3 is 9.47 Å². The van der Waals surface area contributed by atoms with Crippen LogP contribution in [0.25, 0.3) is 5.76 Å². The third kappa shape index (κ3) is 1.90. The smallest absolute Gasteiger partial charge is 0.385 e. The van der Waals surface area contributed by atoms with Gasteiger partial charge >= 0.3 is 11.9 Å². The molecule has 0 aliphatic carbocycles. The molecule has 1 aliphatic rings. The quantitative estimate of drug-likeness (QED) is 0.442. The van der Waals surface area contributed by atoms with Crippen molar-refractivity contribution in [3.05, 3.63) is 41.0 Å². The van der Waals surface area contributed by atoms with Crippen molar-refractivity contribution < 1.29 is 23.9 Å². The maximum Gasteiger partial charge on any atom is 0.385 e. The van der Waals surface area contributed by atoms with E-state index in [1.54, 1.807) is 24.3 Å². The highest BCUT2D eigenvalue weighted by molar-refractivity contribution is 6.51. The summed E-state index contributed by atoms with van der Waals surface area (Å²) in [7, 11) is 1.14. The minimum absolute atomic E-state index is 0.0446. The Hall–Kier alpha value is -2.43. The second kappa shape index (κ2) is 4.44. The van der Waals surface area contributed by atoms with Crippen LogP contribution in [-0.2, 0) is 23.9 Å². The zero-order valence-corrected chi connectivity index (χ0v) is 9.85. The largest absolute Gasteiger partial charge is 0.465 e. The number of carbonyl (C=O) groups excluding carboxylic acids is 3. The average molecular weight is 246 g/mol. The lowest BCUT2D eigenvalue weighted by Gasteiger charge is -2.03. The van der Waals surface area contributed by atoms with Crippen LogP contribution in [0.15, 0.2) is 29.8 Å². The maximum atomic E-state index is 11.5. The molecule has 5 nitrogen and oxygen atoms in total. The van der Waals surface area contributed by atoms with Crippen LogP contribution in [0.4, 0.5) is 0 Å². The summed E-state index contributed by atoms with van der Waals surface area (Å²) in [5.74, 6) is -2.96. The molecular formula is C13H10O5. The molecule has 0 saturated heterocycles. The van der Waals surface area contributed by atoms with Crippen LogP contribution in [0.5, 0.6) is 0 Å². The van der Waals surface area contributed by atoms with E-state index in [1.807, 2.05) is 6.92 Å². The molecule has 0 N–H and O–H groups in total. The highest BCUT2D eigenvalue weighted by Gasteiger charge is 2.39. The number of hydrogen-bond donors (Lipinski definition) is 0. The number of methoxy groups -OCH3 is 1. The van der Waals surface area contributed by atoms with Crippen LogP contribution in [0, 0.1) is 6.92 Å². The molecule has 0 bridgehead atoms. The predicted octanol–water partition coefficient (Wildman–Crippen LogP) is 1.01. The summed E-state index contributed by atoms with van der Waals surface area (Å²) < 4.78 is 9.30. The van der Waals surface area contributed by atoms with E-state index in [4.69, 9.17) is 4.74 Å². The molecule has 1 aromatic carbocycles. The molecule has 0 spiro atoms. The van der Waals surface area contributed by atoms with Crippen molar-refractivity contribution >= 4 is 23.5 Å². The third-order valence-electron chi connectivity index (χ3n) is 2.54. The van der Waals surface area contributed by atoms with Gasteiger partial charge in [-0.15, -0.1) is 0 Å². The number of esters is 2. The van der Waals surface area contributed by atoms with Crippen LogP contribution in [0.3, 0.4) is 0 Å². The Bertz CT molecular complexity index is 566. The number of Topliss-reactive ketones (excluding diaryl/α,β-unsaturated/α-hetero) is 1. The highest BCUT2D eigenvalue weighted by Crippen LogP contribution is 2.28. The minimum atomic E-state index is -1.06. The molecule has 1 aromatic rings. The summed E-state index contributed by atoms with van der Waals surface area (Å²) in [5, 5.41) is 0. The fourth-order valence-corrected chi connectivity index (χ4v) is 1.59. The highest BCUT2D eigenvalue weighted by atomic mass is 16.6. The Morgan fingerprint density at radius 2 is 1.78 bits per heavy atom. The number of rotatable bonds is 2. The minimum Gasteiger partial charge on any atom is -0.465 e. The molecule has 0 unspecified atom stereocenters. The summed E-state index contributed by atoms with van der Waals surface area (Å²) in [6, 6.07) is 6.90. The van der Waals surface area contributed by atoms with Crippen molar-refractivity contribution in [3.63, 3.8) is 0 Å². The Labute approximate surface area is 103 Å². The summed E-state index contributed by atoms with van der Waals surface area (Å²) in [6.45, 7) is 1.89. The molecule has 0 fully saturated rings. The average Bonchev–Trinajstić information content (AvgIpc) is 2.66. The van der Waals surface area contributed by atoms with E-state index >= 15 is 0 Å². The zero-order valence-electron chi connectivity index (χ0n) is 9.85. The zero-order chi connectivity index (χ0) is 13.3. The lowest BCUT2D eigenvalue weighted by molar-refractivity contribution is -0.146. The SMILES string of the molecule is COC(=O)C1=C(c2ccc(C)cc2)OC(=O)C1=O. The summed E-state index contributed by atoms with van der Waals surface area (Å²) in [6.07, 6.45) is 0. The van der Waals surface area contributed by atoms with Gasteiger partial charge in [-0.2, -0.15) is 0 Å². The first-order valence-electron chi connectivity index (χ1n) is 5.20. The second-order valence-corrected chi connectivity index (χ2v) is 3.78. The lowest BCUT2D eigenvalue weighted by Crippen LogP contribution is -2.16. The van der Waals surface area contributed by atoms with Gasteiger partial charge in [-0.05, 0) is 6.92 Å². The van der Waals surface area contributed by atoms with Crippen LogP contribution in [0.1, 0.15) is 11.1 Å². The van der Waals surface area contributed by atoms with Gasteiger partial charge in [0.25, 0.3) is 5.78 Å². The molecule has 0 radical (unpaired) electrons. The van der Waals surface area contributed by atoms with Gasteiger partial charge in [0.1, 0.15) is 0 Å². The molecule has 0 saturated carbocycles. The van der Waals surface area contributed by atoms with Gasteiger partial charge in [0.2, 0.25) is 0 Å². The van der Waals surface area contributed by atoms with E-state index in [0.29, 0.717) is 5.56 Å². The number of cyclic esters (lactones) is 1. The Morgan fingerprint density at radius 1 is 1.17 bits per heavy atom. The van der Waals surface area contributed by atoms with Crippen molar-refractivity contribution in [2.45, 2.75) is 6.92 Å². The summed E-state index contributed by atoms with van der Waals surface area (Å²) in [5.41, 5.74) is 1.14. The summed E-state index contributed by atoms with van der Waals surface area (Å²) in [4.78, 5) is 34.2. The molecule has 2 rings (SSSR count). The Balaban J connectivity index is 2.54. The Morgan fingerprint density at radius 3 is 2.33 bits per heavy atom. The molecule has 0 atom stereocenters. The van der Waals surface area contributed by atoms with E-state index in [1.165, 1.54) is 0 Å². The van der Waals surface area contributed by atoms with Gasteiger partial charge in [0, 0.05) is 5.56 Å². The summed E-state index contributed by atoms with van der Waals surface area (Å²) >= 11 is 0. The van der Waals surface area contributed by atoms with Crippen LogP contribution < -0.4 is 0 Å². The van der Waals surface area contributed by atoms with Gasteiger partial charge in [-0.3, -0.25) is 4.79 Å². The maximum absolute atomic E-state index is 11.5.